The van der Waals surface area contributed by atoms with Crippen molar-refractivity contribution in [1.29, 1.82) is 5.26 Å². The van der Waals surface area contributed by atoms with Gasteiger partial charge in [-0.15, -0.1) is 0 Å². The standard InChI is InChI=1S/C17H17N3O/c1-11-9-12(2)16(19)10-15(11)17(21)20-14-5-3-13(4-6-14)7-8-18/h3-6,9-10H,7,19H2,1-2H3,(H,20,21). The quantitative estimate of drug-likeness (QED) is 0.847. The van der Waals surface area contributed by atoms with Crippen LogP contribution in [0.2, 0.25) is 0 Å². The average molecular weight is 279 g/mol. The number of anilines is 2. The Labute approximate surface area is 124 Å². The van der Waals surface area contributed by atoms with Gasteiger partial charge >= 0.3 is 0 Å². The second-order valence-electron chi connectivity index (χ2n) is 5.01. The zero-order valence-corrected chi connectivity index (χ0v) is 12.1. The summed E-state index contributed by atoms with van der Waals surface area (Å²) in [6.45, 7) is 3.80. The first kappa shape index (κ1) is 14.6. The molecule has 0 unspecified atom stereocenters. The Morgan fingerprint density at radius 3 is 2.48 bits per heavy atom. The number of nitrogens with one attached hydrogen (secondary N) is 1. The third-order valence-corrected chi connectivity index (χ3v) is 3.35. The van der Waals surface area contributed by atoms with Gasteiger partial charge in [-0.3, -0.25) is 4.79 Å². The van der Waals surface area contributed by atoms with Gasteiger partial charge in [0.15, 0.2) is 0 Å². The summed E-state index contributed by atoms with van der Waals surface area (Å²) in [5.41, 5.74) is 10.5. The number of nitrogens with two attached hydrogens (primary N) is 1. The van der Waals surface area contributed by atoms with Crippen LogP contribution in [0.1, 0.15) is 27.0 Å². The third kappa shape index (κ3) is 3.40. The highest BCUT2D eigenvalue weighted by molar-refractivity contribution is 6.05. The molecule has 0 radical (unpaired) electrons. The molecule has 0 aliphatic rings. The molecule has 4 heteroatoms. The lowest BCUT2D eigenvalue weighted by atomic mass is 10.0. The van der Waals surface area contributed by atoms with E-state index in [0.717, 1.165) is 16.7 Å². The van der Waals surface area contributed by atoms with Crippen LogP contribution in [0.3, 0.4) is 0 Å². The van der Waals surface area contributed by atoms with Gasteiger partial charge in [0.25, 0.3) is 5.91 Å². The van der Waals surface area contributed by atoms with Gasteiger partial charge < -0.3 is 11.1 Å². The fraction of sp³-hybridized carbons (Fsp3) is 0.176. The first-order chi connectivity index (χ1) is 10.0. The van der Waals surface area contributed by atoms with Crippen LogP contribution < -0.4 is 11.1 Å². The van der Waals surface area contributed by atoms with Crippen molar-refractivity contribution in [3.63, 3.8) is 0 Å². The number of carbonyl (C=O) groups is 1. The first-order valence-electron chi connectivity index (χ1n) is 6.65. The van der Waals surface area contributed by atoms with E-state index in [1.165, 1.54) is 0 Å². The Balaban J connectivity index is 2.18. The summed E-state index contributed by atoms with van der Waals surface area (Å²) < 4.78 is 0. The molecule has 0 aliphatic heterocycles. The Kier molecular flexibility index (Phi) is 4.24. The van der Waals surface area contributed by atoms with E-state index in [4.69, 9.17) is 11.0 Å². The van der Waals surface area contributed by atoms with Crippen LogP contribution in [0.4, 0.5) is 11.4 Å². The van der Waals surface area contributed by atoms with Crippen LogP contribution in [0.15, 0.2) is 36.4 Å². The van der Waals surface area contributed by atoms with Crippen LogP contribution in [0.5, 0.6) is 0 Å². The Morgan fingerprint density at radius 1 is 1.19 bits per heavy atom. The molecule has 0 fully saturated rings. The summed E-state index contributed by atoms with van der Waals surface area (Å²) >= 11 is 0. The van der Waals surface area contributed by atoms with E-state index in [1.54, 1.807) is 18.2 Å². The first-order valence-corrected chi connectivity index (χ1v) is 6.65. The second kappa shape index (κ2) is 6.10. The van der Waals surface area contributed by atoms with Crippen molar-refractivity contribution in [2.45, 2.75) is 20.3 Å². The largest absolute Gasteiger partial charge is 0.398 e. The molecule has 106 valence electrons. The highest BCUT2D eigenvalue weighted by atomic mass is 16.1. The summed E-state index contributed by atoms with van der Waals surface area (Å²) in [6, 6.07) is 12.9. The molecule has 2 aromatic carbocycles. The Bertz CT molecular complexity index is 712. The molecule has 0 atom stereocenters. The van der Waals surface area contributed by atoms with E-state index in [9.17, 15) is 4.79 Å². The smallest absolute Gasteiger partial charge is 0.256 e. The summed E-state index contributed by atoms with van der Waals surface area (Å²) in [4.78, 5) is 12.3. The van der Waals surface area contributed by atoms with Crippen molar-refractivity contribution in [3.05, 3.63) is 58.7 Å². The minimum atomic E-state index is -0.188. The molecular formula is C17H17N3O. The molecule has 1 amide bonds. The molecule has 4 nitrogen and oxygen atoms in total. The number of nitriles is 1. The molecule has 0 heterocycles. The van der Waals surface area contributed by atoms with Crippen LogP contribution in [0, 0.1) is 25.2 Å². The van der Waals surface area contributed by atoms with E-state index in [-0.39, 0.29) is 5.91 Å². The van der Waals surface area contributed by atoms with Gasteiger partial charge in [-0.05, 0) is 48.7 Å². The number of aryl methyl sites for hydroxylation is 2. The molecule has 0 aromatic heterocycles. The summed E-state index contributed by atoms with van der Waals surface area (Å²) in [5, 5.41) is 11.5. The Morgan fingerprint density at radius 2 is 1.86 bits per heavy atom. The van der Waals surface area contributed by atoms with Crippen LogP contribution in [0.25, 0.3) is 0 Å². The van der Waals surface area contributed by atoms with Gasteiger partial charge in [0.05, 0.1) is 12.5 Å². The minimum Gasteiger partial charge on any atom is -0.398 e. The van der Waals surface area contributed by atoms with Crippen LogP contribution in [-0.4, -0.2) is 5.91 Å². The van der Waals surface area contributed by atoms with E-state index in [1.807, 2.05) is 32.0 Å². The highest BCUT2D eigenvalue weighted by Gasteiger charge is 2.11. The number of nitrogen functional groups attached to an aromatic ring is 1. The third-order valence-electron chi connectivity index (χ3n) is 3.35. The normalized spacial score (nSPS) is 9.95. The summed E-state index contributed by atoms with van der Waals surface area (Å²) in [5.74, 6) is -0.188. The molecule has 0 saturated carbocycles. The number of hydrogen-bond acceptors (Lipinski definition) is 3. The molecule has 0 spiro atoms. The fourth-order valence-electron chi connectivity index (χ4n) is 2.11. The summed E-state index contributed by atoms with van der Waals surface area (Å²) in [7, 11) is 0. The van der Waals surface area contributed by atoms with E-state index >= 15 is 0 Å². The lowest BCUT2D eigenvalue weighted by Crippen LogP contribution is -2.14. The molecule has 3 N–H and O–H groups in total. The predicted octanol–water partition coefficient (Wildman–Crippen LogP) is 3.20. The van der Waals surface area contributed by atoms with Gasteiger partial charge in [-0.2, -0.15) is 5.26 Å². The topological polar surface area (TPSA) is 78.9 Å². The molecule has 21 heavy (non-hydrogen) atoms. The SMILES string of the molecule is Cc1cc(C)c(C(=O)Nc2ccc(CC#N)cc2)cc1N. The molecule has 0 bridgehead atoms. The van der Waals surface area contributed by atoms with Gasteiger partial charge in [-0.25, -0.2) is 0 Å². The Hall–Kier alpha value is -2.80. The van der Waals surface area contributed by atoms with E-state index in [0.29, 0.717) is 23.4 Å². The van der Waals surface area contributed by atoms with E-state index in [2.05, 4.69) is 11.4 Å². The predicted molar refractivity (Wildman–Crippen MR) is 84.0 cm³/mol. The number of benzene rings is 2. The summed E-state index contributed by atoms with van der Waals surface area (Å²) in [6.07, 6.45) is 0.363. The van der Waals surface area contributed by atoms with Crippen molar-refractivity contribution in [3.8, 4) is 6.07 Å². The number of nitrogens with zero attached hydrogens (tertiary/aromatic N) is 1. The van der Waals surface area contributed by atoms with Gasteiger partial charge in [-0.1, -0.05) is 18.2 Å². The second-order valence-corrected chi connectivity index (χ2v) is 5.01. The zero-order chi connectivity index (χ0) is 15.4. The fourth-order valence-corrected chi connectivity index (χ4v) is 2.11. The maximum Gasteiger partial charge on any atom is 0.256 e. The van der Waals surface area contributed by atoms with Crippen LogP contribution in [-0.2, 0) is 6.42 Å². The lowest BCUT2D eigenvalue weighted by molar-refractivity contribution is 0.102. The molecule has 0 saturated heterocycles. The highest BCUT2D eigenvalue weighted by Crippen LogP contribution is 2.19. The monoisotopic (exact) mass is 279 g/mol. The maximum absolute atomic E-state index is 12.3. The molecule has 2 rings (SSSR count). The number of amides is 1. The van der Waals surface area contributed by atoms with Crippen molar-refractivity contribution >= 4 is 17.3 Å². The molecular weight excluding hydrogens is 262 g/mol. The van der Waals surface area contributed by atoms with Crippen molar-refractivity contribution in [2.75, 3.05) is 11.1 Å². The van der Waals surface area contributed by atoms with Gasteiger partial charge in [0.1, 0.15) is 0 Å². The van der Waals surface area contributed by atoms with Gasteiger partial charge in [0, 0.05) is 16.9 Å². The van der Waals surface area contributed by atoms with E-state index < -0.39 is 0 Å². The average Bonchev–Trinajstić information content (AvgIpc) is 2.45. The molecule has 2 aromatic rings. The van der Waals surface area contributed by atoms with Gasteiger partial charge in [0.2, 0.25) is 0 Å². The minimum absolute atomic E-state index is 0.188. The van der Waals surface area contributed by atoms with Crippen molar-refractivity contribution < 1.29 is 4.79 Å². The lowest BCUT2D eigenvalue weighted by Gasteiger charge is -2.10. The maximum atomic E-state index is 12.3. The number of carbonyl (C=O) groups excluding carboxylic acids is 1. The van der Waals surface area contributed by atoms with Crippen molar-refractivity contribution in [2.24, 2.45) is 0 Å². The van der Waals surface area contributed by atoms with Crippen LogP contribution >= 0.6 is 0 Å². The number of rotatable bonds is 3. The molecule has 0 aliphatic carbocycles. The number of hydrogen-bond donors (Lipinski definition) is 2. The van der Waals surface area contributed by atoms with Crippen molar-refractivity contribution in [1.82, 2.24) is 0 Å². The zero-order valence-electron chi connectivity index (χ0n) is 12.1.